The van der Waals surface area contributed by atoms with Crippen LogP contribution in [0.5, 0.6) is 0 Å². The Morgan fingerprint density at radius 1 is 0.762 bits per heavy atom. The van der Waals surface area contributed by atoms with Crippen molar-refractivity contribution >= 4 is 29.7 Å². The predicted molar refractivity (Wildman–Crippen MR) is 155 cm³/mol. The van der Waals surface area contributed by atoms with E-state index in [1.807, 2.05) is 27.7 Å². The summed E-state index contributed by atoms with van der Waals surface area (Å²) in [5.74, 6) is -4.01. The lowest BCUT2D eigenvalue weighted by Crippen LogP contribution is -2.58. The van der Waals surface area contributed by atoms with Crippen molar-refractivity contribution in [2.24, 2.45) is 29.2 Å². The van der Waals surface area contributed by atoms with Gasteiger partial charge in [0.05, 0.1) is 24.2 Å². The summed E-state index contributed by atoms with van der Waals surface area (Å²) in [6.45, 7) is 12.4. The van der Waals surface area contributed by atoms with Crippen molar-refractivity contribution < 1.29 is 39.3 Å². The molecule has 0 aromatic carbocycles. The summed E-state index contributed by atoms with van der Waals surface area (Å²) in [5, 5.41) is 33.9. The predicted octanol–water partition coefficient (Wildman–Crippen LogP) is -0.654. The topological polar surface area (TPSA) is 263 Å². The summed E-state index contributed by atoms with van der Waals surface area (Å²) in [5.41, 5.74) is 11.4. The number of imidazole rings is 1. The second-order valence-corrected chi connectivity index (χ2v) is 11.4. The first-order chi connectivity index (χ1) is 19.4. The Morgan fingerprint density at radius 2 is 1.24 bits per heavy atom. The first kappa shape index (κ1) is 38.4. The third kappa shape index (κ3) is 14.9. The van der Waals surface area contributed by atoms with Gasteiger partial charge in [-0.2, -0.15) is 0 Å². The highest BCUT2D eigenvalue weighted by Gasteiger charge is 2.31. The minimum Gasteiger partial charge on any atom is -0.480 e. The summed E-state index contributed by atoms with van der Waals surface area (Å²) in [6.07, 6.45) is 2.73. The molecule has 0 spiro atoms. The molecule has 15 nitrogen and oxygen atoms in total. The van der Waals surface area contributed by atoms with Crippen molar-refractivity contribution in [2.45, 2.75) is 104 Å². The van der Waals surface area contributed by atoms with Crippen LogP contribution in [0.3, 0.4) is 0 Å². The maximum absolute atomic E-state index is 13.2. The SMILES string of the molecule is CC(C)CC(NC(=O)C(CC(C)C)NC(=O)C(Cc1c[nH]cn1)NC(=O)C(N)C(C)C)C(=O)O.CC(O)C(N)C(=O)O. The van der Waals surface area contributed by atoms with Gasteiger partial charge in [-0.15, -0.1) is 0 Å². The van der Waals surface area contributed by atoms with Crippen LogP contribution in [0, 0.1) is 17.8 Å². The zero-order valence-corrected chi connectivity index (χ0v) is 25.5. The number of carboxylic acid groups (broad SMARTS) is 2. The van der Waals surface area contributed by atoms with E-state index in [9.17, 15) is 29.1 Å². The Kier molecular flexibility index (Phi) is 17.2. The van der Waals surface area contributed by atoms with Crippen molar-refractivity contribution in [3.05, 3.63) is 18.2 Å². The van der Waals surface area contributed by atoms with Crippen molar-refractivity contribution in [3.63, 3.8) is 0 Å². The van der Waals surface area contributed by atoms with Gasteiger partial charge in [-0.05, 0) is 37.5 Å². The van der Waals surface area contributed by atoms with Gasteiger partial charge in [-0.3, -0.25) is 19.2 Å². The molecule has 6 atom stereocenters. The lowest BCUT2D eigenvalue weighted by molar-refractivity contribution is -0.143. The number of H-pyrrole nitrogens is 1. The Morgan fingerprint density at radius 3 is 1.62 bits per heavy atom. The maximum atomic E-state index is 13.2. The summed E-state index contributed by atoms with van der Waals surface area (Å²) in [6, 6.07) is -5.03. The molecule has 0 saturated heterocycles. The molecular weight excluding hydrogens is 550 g/mol. The summed E-state index contributed by atoms with van der Waals surface area (Å²) in [4.78, 5) is 67.1. The number of carboxylic acids is 2. The Labute approximate surface area is 246 Å². The minimum absolute atomic E-state index is 0.0400. The first-order valence-corrected chi connectivity index (χ1v) is 13.9. The van der Waals surface area contributed by atoms with E-state index >= 15 is 0 Å². The van der Waals surface area contributed by atoms with E-state index in [0.29, 0.717) is 12.1 Å². The monoisotopic (exact) mass is 599 g/mol. The van der Waals surface area contributed by atoms with Gasteiger partial charge in [0.25, 0.3) is 0 Å². The van der Waals surface area contributed by atoms with Gasteiger partial charge in [0.1, 0.15) is 24.2 Å². The van der Waals surface area contributed by atoms with Gasteiger partial charge in [0, 0.05) is 12.6 Å². The molecule has 1 aromatic heterocycles. The Bertz CT molecular complexity index is 999. The molecule has 0 fully saturated rings. The number of aliphatic hydroxyl groups excluding tert-OH is 1. The van der Waals surface area contributed by atoms with Gasteiger partial charge < -0.3 is 47.7 Å². The highest BCUT2D eigenvalue weighted by molar-refractivity contribution is 5.94. The number of rotatable bonds is 16. The zero-order valence-electron chi connectivity index (χ0n) is 25.5. The second-order valence-electron chi connectivity index (χ2n) is 11.4. The third-order valence-electron chi connectivity index (χ3n) is 6.09. The van der Waals surface area contributed by atoms with E-state index in [4.69, 9.17) is 21.7 Å². The van der Waals surface area contributed by atoms with Crippen LogP contribution in [-0.4, -0.2) is 91.3 Å². The van der Waals surface area contributed by atoms with Crippen LogP contribution in [0.1, 0.15) is 67.0 Å². The molecule has 0 aliphatic heterocycles. The van der Waals surface area contributed by atoms with Crippen LogP contribution in [0.25, 0.3) is 0 Å². The molecule has 1 heterocycles. The molecule has 1 rings (SSSR count). The van der Waals surface area contributed by atoms with Gasteiger partial charge >= 0.3 is 11.9 Å². The lowest BCUT2D eigenvalue weighted by atomic mass is 9.99. The van der Waals surface area contributed by atoms with Crippen LogP contribution in [0.4, 0.5) is 0 Å². The van der Waals surface area contributed by atoms with Crippen LogP contribution < -0.4 is 27.4 Å². The minimum atomic E-state index is -1.18. The van der Waals surface area contributed by atoms with Gasteiger partial charge in [0.2, 0.25) is 17.7 Å². The zero-order chi connectivity index (χ0) is 32.7. The molecule has 1 aromatic rings. The molecule has 15 heteroatoms. The molecule has 0 saturated carbocycles. The first-order valence-electron chi connectivity index (χ1n) is 13.9. The summed E-state index contributed by atoms with van der Waals surface area (Å²) >= 11 is 0. The molecule has 11 N–H and O–H groups in total. The van der Waals surface area contributed by atoms with Crippen molar-refractivity contribution in [3.8, 4) is 0 Å². The second kappa shape index (κ2) is 18.8. The molecule has 0 aliphatic rings. The van der Waals surface area contributed by atoms with E-state index in [0.717, 1.165) is 0 Å². The fourth-order valence-corrected chi connectivity index (χ4v) is 3.54. The molecule has 3 amide bonds. The maximum Gasteiger partial charge on any atom is 0.326 e. The number of carbonyl (C=O) groups excluding carboxylic acids is 3. The van der Waals surface area contributed by atoms with Crippen LogP contribution in [-0.2, 0) is 30.4 Å². The van der Waals surface area contributed by atoms with Gasteiger partial charge in [-0.25, -0.2) is 9.78 Å². The number of hydrogen-bond acceptors (Lipinski definition) is 9. The van der Waals surface area contributed by atoms with Crippen molar-refractivity contribution in [1.82, 2.24) is 25.9 Å². The molecule has 0 aliphatic carbocycles. The number of aliphatic hydroxyl groups is 1. The van der Waals surface area contributed by atoms with Crippen molar-refractivity contribution in [1.29, 1.82) is 0 Å². The number of nitrogens with zero attached hydrogens (tertiary/aromatic N) is 1. The highest BCUT2D eigenvalue weighted by Crippen LogP contribution is 2.10. The van der Waals surface area contributed by atoms with Crippen molar-refractivity contribution in [2.75, 3.05) is 0 Å². The largest absolute Gasteiger partial charge is 0.480 e. The molecule has 42 heavy (non-hydrogen) atoms. The highest BCUT2D eigenvalue weighted by atomic mass is 16.4. The number of nitrogens with two attached hydrogens (primary N) is 2. The molecule has 6 unspecified atom stereocenters. The Hall–Kier alpha value is -3.56. The number of nitrogens with one attached hydrogen (secondary N) is 4. The number of aliphatic carboxylic acids is 2. The van der Waals surface area contributed by atoms with Crippen LogP contribution >= 0.6 is 0 Å². The van der Waals surface area contributed by atoms with Gasteiger partial charge in [-0.1, -0.05) is 41.5 Å². The van der Waals surface area contributed by atoms with E-state index < -0.39 is 66.0 Å². The average molecular weight is 600 g/mol. The van der Waals surface area contributed by atoms with E-state index in [1.54, 1.807) is 20.0 Å². The quantitative estimate of drug-likeness (QED) is 0.115. The molecule has 0 bridgehead atoms. The molecule has 0 radical (unpaired) electrons. The average Bonchev–Trinajstić information content (AvgIpc) is 3.39. The normalized spacial score (nSPS) is 15.5. The lowest BCUT2D eigenvalue weighted by Gasteiger charge is -2.26. The summed E-state index contributed by atoms with van der Waals surface area (Å²) in [7, 11) is 0. The number of hydrogen-bond donors (Lipinski definition) is 9. The smallest absolute Gasteiger partial charge is 0.326 e. The summed E-state index contributed by atoms with van der Waals surface area (Å²) < 4.78 is 0. The van der Waals surface area contributed by atoms with Crippen LogP contribution in [0.2, 0.25) is 0 Å². The van der Waals surface area contributed by atoms with E-state index in [1.165, 1.54) is 13.3 Å². The number of aromatic nitrogens is 2. The number of carbonyl (C=O) groups is 5. The fourth-order valence-electron chi connectivity index (χ4n) is 3.54. The number of amides is 3. The Balaban J connectivity index is 0.00000183. The molecular formula is C27H49N7O8. The number of aromatic amines is 1. The third-order valence-corrected chi connectivity index (χ3v) is 6.09. The van der Waals surface area contributed by atoms with E-state index in [-0.39, 0.29) is 30.6 Å². The van der Waals surface area contributed by atoms with Crippen LogP contribution in [0.15, 0.2) is 12.5 Å². The van der Waals surface area contributed by atoms with E-state index in [2.05, 4.69) is 25.9 Å². The fraction of sp³-hybridized carbons (Fsp3) is 0.704. The molecule has 240 valence electrons. The van der Waals surface area contributed by atoms with Gasteiger partial charge in [0.15, 0.2) is 0 Å². The standard InChI is InChI=1S/C23H40N6O5.C4H9NO3/c1-12(2)7-16(20(30)29-18(23(33)34)8-13(3)4)27-21(31)17(9-15-10-25-11-26-15)28-22(32)19(24)14(5)6;1-2(6)3(5)4(7)8/h10-14,16-19H,7-9,24H2,1-6H3,(H,25,26)(H,27,31)(H,28,32)(H,29,30)(H,33,34);2-3,6H,5H2,1H3,(H,7,8).